The number of nitrogens with zero attached hydrogens (tertiary/aromatic N) is 23. The summed E-state index contributed by atoms with van der Waals surface area (Å²) in [5.41, 5.74) is 48.3. The third-order valence-electron chi connectivity index (χ3n) is 22.4. The Morgan fingerprint density at radius 3 is 1.15 bits per heavy atom. The molecule has 44 heteroatoms. The lowest BCUT2D eigenvalue weighted by molar-refractivity contribution is -0.696. The van der Waals surface area contributed by atoms with Crippen molar-refractivity contribution >= 4 is 120 Å². The molecule has 5 aliphatic heterocycles. The van der Waals surface area contributed by atoms with E-state index in [0.29, 0.717) is 133 Å². The van der Waals surface area contributed by atoms with Crippen molar-refractivity contribution in [3.05, 3.63) is 63.3 Å². The average molecular weight is 1520 g/mol. The van der Waals surface area contributed by atoms with Crippen molar-refractivity contribution in [1.82, 2.24) is 140 Å². The van der Waals surface area contributed by atoms with E-state index < -0.39 is 6.04 Å². The van der Waals surface area contributed by atoms with E-state index in [1.807, 2.05) is 37.5 Å². The molecular weight excluding hydrogens is 1420 g/mol. The van der Waals surface area contributed by atoms with E-state index >= 15 is 0 Å². The standard InChI is InChI=1S/C66H90N38O6/c67-4-2-1-3-45(68)66(110)79-14-39-9-44(104-34-94-55-60(74)84-29-89-65(55)104)19-99(39)24-50(109)78-13-38-8-43(103-33-93-54-59(73)83-28-88-64(54)103)18-98(38)23-49(108)77-12-37-7-42(102-32-92-53-58(72)82-27-87-63(53)102)17-97(37)22-48(107)76-11-36-6-41(101-31-91-52-57(71)81-26-86-62(52)101)16-96(36)21-47(106)75-10-35-5-40(15-95(35)20-46(69)105)100-30-90-51-56(70)80-25-85-61(51)100/h25-45H,1-24,67-68H2,(H17,69,70,71,72,73,74,75,76,77,78,79,80,81,82,83,84,85,86,87,88,89,105,106,107,108,109,110)/p+5/t35-,36-,37-,38-,39-,40-,41-,42-,43-,44-,45+/m1/s1. The van der Waals surface area contributed by atoms with Crippen molar-refractivity contribution in [2.75, 3.05) is 133 Å². The molecule has 0 unspecified atom stereocenters. The number of carbonyl (C=O) groups is 6. The molecule has 5 aliphatic rings. The van der Waals surface area contributed by atoms with Crippen LogP contribution in [0.5, 0.6) is 0 Å². The largest absolute Gasteiger partial charge is 0.382 e. The number of anilines is 5. The van der Waals surface area contributed by atoms with E-state index in [0.717, 1.165) is 19.4 Å². The average Bonchev–Trinajstić information content (AvgIpc) is 1.66. The van der Waals surface area contributed by atoms with Gasteiger partial charge in [-0.3, -0.25) is 64.2 Å². The number of nitrogens with two attached hydrogens (primary N) is 5. The van der Waals surface area contributed by atoms with E-state index in [1.165, 1.54) is 31.6 Å². The van der Waals surface area contributed by atoms with E-state index in [-0.39, 0.29) is 185 Å². The summed E-state index contributed by atoms with van der Waals surface area (Å²) in [5.74, 6) is -0.143. The smallest absolute Gasteiger partial charge is 0.322 e. The number of imidazole rings is 5. The minimum atomic E-state index is -0.441. The number of H-pyrrole nitrogens is 2. The Labute approximate surface area is 627 Å². The van der Waals surface area contributed by atoms with Crippen molar-refractivity contribution in [1.29, 1.82) is 0 Å². The number of hydrogen-bond acceptors (Lipinski definition) is 29. The van der Waals surface area contributed by atoms with Crippen molar-refractivity contribution < 1.29 is 55.1 Å². The summed E-state index contributed by atoms with van der Waals surface area (Å²) < 4.78 is 9.80. The molecule has 5 fully saturated rings. The summed E-state index contributed by atoms with van der Waals surface area (Å²) in [7, 11) is 0. The van der Waals surface area contributed by atoms with Gasteiger partial charge in [0.15, 0.2) is 77.4 Å². The number of aromatic nitrogens is 20. The first-order chi connectivity index (χ1) is 53.3. The van der Waals surface area contributed by atoms with E-state index in [4.69, 9.17) is 28.7 Å². The fourth-order valence-electron chi connectivity index (χ4n) is 16.8. The number of carbonyl (C=O) groups excluding carboxylic acids is 6. The second-order valence-electron chi connectivity index (χ2n) is 29.4. The molecule has 26 N–H and O–H groups in total. The number of nitrogens with one attached hydrogen (secondary N) is 7. The summed E-state index contributed by atoms with van der Waals surface area (Å²) >= 11 is 0. The number of unbranched alkanes of at least 4 members (excludes halogenated alkanes) is 1. The second-order valence-corrected chi connectivity index (χ2v) is 29.4. The minimum absolute atomic E-state index is 0.00558. The lowest BCUT2D eigenvalue weighted by atomic mass is 10.1. The van der Waals surface area contributed by atoms with Crippen LogP contribution in [0.2, 0.25) is 0 Å². The van der Waals surface area contributed by atoms with Gasteiger partial charge in [0.2, 0.25) is 34.7 Å². The summed E-state index contributed by atoms with van der Waals surface area (Å²) in [6, 6.07) is -2.88. The third kappa shape index (κ3) is 15.6. The van der Waals surface area contributed by atoms with Gasteiger partial charge in [0.05, 0.1) is 81.9 Å². The third-order valence-corrected chi connectivity index (χ3v) is 22.4. The first-order valence-electron chi connectivity index (χ1n) is 37.1. The lowest BCUT2D eigenvalue weighted by Crippen LogP contribution is -2.68. The molecule has 0 saturated carbocycles. The molecule has 0 radical (unpaired) electrons. The molecule has 580 valence electrons. The SMILES string of the molecule is Nc1ncnc2c1ncn2[C@@H]1C[C@H](CNC(=O)CN2C[C@H](n3cnc4c(N)ncnc43)C[C@@H]2CNC(=O)[C@@H]([NH3+])CCCC[NH3+])N(CC(=O)NC[C@H]2C[C@@H](n3cnc4c(N)ncnc43)CN2CC(=O)NC[C@H]2C[C@@H]([n+]3c[nH]c4c(N)ncnc43)CN2CC(=O)NC[C@H]2C[C@@H]([n+]3c[nH]c4c(N)ncnc43)CN2CC([NH3+])=O)C1. The fraction of sp³-hybridized carbons (Fsp3) is 0.530. The second kappa shape index (κ2) is 31.9. The quantitative estimate of drug-likeness (QED) is 0.0147. The molecule has 44 nitrogen and oxygen atoms in total. The molecule has 110 heavy (non-hydrogen) atoms. The van der Waals surface area contributed by atoms with Gasteiger partial charge in [-0.05, 0) is 44.9 Å². The Bertz CT molecular complexity index is 5040. The van der Waals surface area contributed by atoms with Crippen LogP contribution >= 0.6 is 0 Å². The maximum atomic E-state index is 14.7. The van der Waals surface area contributed by atoms with Gasteiger partial charge in [0, 0.05) is 102 Å². The van der Waals surface area contributed by atoms with Crippen LogP contribution in [0.1, 0.15) is 81.6 Å². The van der Waals surface area contributed by atoms with E-state index in [9.17, 15) is 28.8 Å². The van der Waals surface area contributed by atoms with Crippen molar-refractivity contribution in [3.63, 3.8) is 0 Å². The number of likely N-dealkylation sites (tertiary alicyclic amines) is 5. The van der Waals surface area contributed by atoms with Crippen LogP contribution in [-0.2, 0) is 28.8 Å². The zero-order chi connectivity index (χ0) is 76.4. The van der Waals surface area contributed by atoms with Gasteiger partial charge in [-0.25, -0.2) is 58.8 Å². The van der Waals surface area contributed by atoms with Crippen LogP contribution in [0.15, 0.2) is 63.3 Å². The van der Waals surface area contributed by atoms with Gasteiger partial charge in [-0.1, -0.05) is 9.97 Å². The first kappa shape index (κ1) is 73.9. The monoisotopic (exact) mass is 1520 g/mol. The number of hydrogen-bond donors (Lipinski definition) is 15. The molecule has 0 aliphatic carbocycles. The van der Waals surface area contributed by atoms with Crippen LogP contribution in [0.25, 0.3) is 55.8 Å². The van der Waals surface area contributed by atoms with Gasteiger partial charge >= 0.3 is 17.2 Å². The summed E-state index contributed by atoms with van der Waals surface area (Å²) in [5, 5.41) is 15.9. The molecule has 6 amide bonds. The van der Waals surface area contributed by atoms with Gasteiger partial charge in [-0.2, -0.15) is 9.97 Å². The maximum absolute atomic E-state index is 14.7. The first-order valence-corrected chi connectivity index (χ1v) is 37.1. The summed E-state index contributed by atoms with van der Waals surface area (Å²) in [6.07, 6.45) is 20.7. The maximum Gasteiger partial charge on any atom is 0.322 e. The number of quaternary nitrogens is 3. The molecule has 0 spiro atoms. The number of aromatic amines is 2. The Morgan fingerprint density at radius 1 is 0.436 bits per heavy atom. The predicted octanol–water partition coefficient (Wildman–Crippen LogP) is -8.62. The highest BCUT2D eigenvalue weighted by Crippen LogP contribution is 2.35. The lowest BCUT2D eigenvalue weighted by Gasteiger charge is -2.27. The van der Waals surface area contributed by atoms with Crippen LogP contribution in [0.3, 0.4) is 0 Å². The van der Waals surface area contributed by atoms with Crippen LogP contribution < -0.4 is 81.6 Å². The van der Waals surface area contributed by atoms with Gasteiger partial charge in [-0.15, -0.1) is 0 Å². The highest BCUT2D eigenvalue weighted by atomic mass is 16.2. The molecule has 11 atom stereocenters. The Hall–Kier alpha value is -11.5. The van der Waals surface area contributed by atoms with Crippen LogP contribution in [0, 0.1) is 0 Å². The van der Waals surface area contributed by atoms with Crippen LogP contribution in [-0.4, -0.2) is 289 Å². The molecule has 15 rings (SSSR count). The number of rotatable bonds is 30. The molecule has 10 aromatic heterocycles. The Kier molecular flexibility index (Phi) is 21.5. The van der Waals surface area contributed by atoms with Crippen LogP contribution in [0.4, 0.5) is 29.1 Å². The van der Waals surface area contributed by atoms with Crippen molar-refractivity contribution in [2.24, 2.45) is 0 Å². The van der Waals surface area contributed by atoms with Gasteiger partial charge < -0.3 is 80.4 Å². The molecule has 5 saturated heterocycles. The highest BCUT2D eigenvalue weighted by Gasteiger charge is 2.44. The van der Waals surface area contributed by atoms with Gasteiger partial charge in [0.25, 0.3) is 5.91 Å². The molecule has 0 aromatic carbocycles. The summed E-state index contributed by atoms with van der Waals surface area (Å²) in [6.45, 7) is 3.97. The molecule has 0 bridgehead atoms. The predicted molar refractivity (Wildman–Crippen MR) is 392 cm³/mol. The van der Waals surface area contributed by atoms with E-state index in [2.05, 4.69) is 128 Å². The number of amides is 6. The molecular formula is C66H95N38O6+5. The van der Waals surface area contributed by atoms with Crippen molar-refractivity contribution in [3.8, 4) is 0 Å². The number of fused-ring (bicyclic) bond motifs is 5. The van der Waals surface area contributed by atoms with Gasteiger partial charge in [0.1, 0.15) is 42.1 Å². The zero-order valence-corrected chi connectivity index (χ0v) is 60.8. The Morgan fingerprint density at radius 2 is 0.773 bits per heavy atom. The number of nitrogen functional groups attached to an aromatic ring is 5. The van der Waals surface area contributed by atoms with Crippen molar-refractivity contribution in [2.45, 2.75) is 118 Å². The normalized spacial score (nSPS) is 23.2. The fourth-order valence-corrected chi connectivity index (χ4v) is 16.8. The topological polar surface area (TPSA) is 613 Å². The van der Waals surface area contributed by atoms with E-state index in [1.54, 1.807) is 31.6 Å². The molecule has 15 heterocycles. The molecule has 10 aromatic rings. The highest BCUT2D eigenvalue weighted by molar-refractivity contribution is 5.85. The Balaban J connectivity index is 0.618. The summed E-state index contributed by atoms with van der Waals surface area (Å²) in [4.78, 5) is 158. The zero-order valence-electron chi connectivity index (χ0n) is 60.8. The minimum Gasteiger partial charge on any atom is -0.382 e.